The summed E-state index contributed by atoms with van der Waals surface area (Å²) < 4.78 is 12.3. The molecule has 0 amide bonds. The Morgan fingerprint density at radius 3 is 3.05 bits per heavy atom. The minimum Gasteiger partial charge on any atom is -0.377 e. The summed E-state index contributed by atoms with van der Waals surface area (Å²) in [6, 6.07) is 9.79. The molecule has 0 atom stereocenters. The number of ether oxygens (including phenoxy) is 1. The van der Waals surface area contributed by atoms with Crippen molar-refractivity contribution in [1.82, 2.24) is 9.72 Å². The van der Waals surface area contributed by atoms with Crippen LogP contribution in [0.1, 0.15) is 11.5 Å². The molecule has 0 saturated carbocycles. The highest BCUT2D eigenvalue weighted by atomic mass is 35.5. The number of halogens is 1. The summed E-state index contributed by atoms with van der Waals surface area (Å²) >= 11 is 5.98. The molecule has 0 bridgehead atoms. The number of aromatic nitrogens is 2. The number of rotatable bonds is 4. The molecule has 4 nitrogen and oxygen atoms in total. The first-order chi connectivity index (χ1) is 9.26. The van der Waals surface area contributed by atoms with Crippen molar-refractivity contribution in [2.24, 2.45) is 0 Å². The molecule has 0 aliphatic rings. The van der Waals surface area contributed by atoms with Crippen molar-refractivity contribution in [2.75, 3.05) is 7.11 Å². The van der Waals surface area contributed by atoms with E-state index in [4.69, 9.17) is 20.9 Å². The molecule has 98 valence electrons. The summed E-state index contributed by atoms with van der Waals surface area (Å²) in [5, 5.41) is 5.90. The van der Waals surface area contributed by atoms with Gasteiger partial charge in [0.05, 0.1) is 6.54 Å². The summed E-state index contributed by atoms with van der Waals surface area (Å²) in [7, 11) is 1.63. The van der Waals surface area contributed by atoms with Gasteiger partial charge >= 0.3 is 0 Å². The lowest BCUT2D eigenvalue weighted by atomic mass is 10.2. The molecule has 1 aromatic carbocycles. The van der Waals surface area contributed by atoms with Gasteiger partial charge in [-0.05, 0) is 24.3 Å². The molecule has 5 heteroatoms. The molecule has 0 aliphatic heterocycles. The highest BCUT2D eigenvalue weighted by Gasteiger charge is 2.07. The fourth-order valence-corrected chi connectivity index (χ4v) is 2.30. The zero-order valence-electron chi connectivity index (χ0n) is 10.5. The Morgan fingerprint density at radius 2 is 2.21 bits per heavy atom. The molecular weight excluding hydrogens is 264 g/mol. The summed E-state index contributed by atoms with van der Waals surface area (Å²) in [6.07, 6.45) is 2.02. The van der Waals surface area contributed by atoms with Crippen LogP contribution in [0.5, 0.6) is 0 Å². The monoisotopic (exact) mass is 276 g/mol. The van der Waals surface area contributed by atoms with E-state index >= 15 is 0 Å². The van der Waals surface area contributed by atoms with Crippen LogP contribution in [0.4, 0.5) is 0 Å². The smallest absolute Gasteiger partial charge is 0.162 e. The number of nitrogens with zero attached hydrogens (tertiary/aromatic N) is 2. The summed E-state index contributed by atoms with van der Waals surface area (Å²) in [4.78, 5) is 0. The van der Waals surface area contributed by atoms with Crippen LogP contribution in [0, 0.1) is 0 Å². The van der Waals surface area contributed by atoms with E-state index in [0.29, 0.717) is 13.2 Å². The van der Waals surface area contributed by atoms with Crippen LogP contribution in [0.15, 0.2) is 41.1 Å². The van der Waals surface area contributed by atoms with Crippen molar-refractivity contribution in [2.45, 2.75) is 13.2 Å². The van der Waals surface area contributed by atoms with E-state index in [-0.39, 0.29) is 0 Å². The number of benzene rings is 1. The van der Waals surface area contributed by atoms with Crippen LogP contribution in [0.3, 0.4) is 0 Å². The van der Waals surface area contributed by atoms with Crippen LogP contribution < -0.4 is 0 Å². The normalized spacial score (nSPS) is 11.3. The molecule has 0 spiro atoms. The Kier molecular flexibility index (Phi) is 3.27. The van der Waals surface area contributed by atoms with Crippen LogP contribution in [0.25, 0.3) is 10.9 Å². The average Bonchev–Trinajstić information content (AvgIpc) is 2.98. The first-order valence-corrected chi connectivity index (χ1v) is 6.32. The van der Waals surface area contributed by atoms with Crippen molar-refractivity contribution >= 4 is 22.5 Å². The maximum Gasteiger partial charge on any atom is 0.162 e. The van der Waals surface area contributed by atoms with Gasteiger partial charge in [-0.1, -0.05) is 16.8 Å². The molecule has 3 rings (SSSR count). The third kappa shape index (κ3) is 2.50. The Hall–Kier alpha value is -1.78. The highest BCUT2D eigenvalue weighted by molar-refractivity contribution is 6.31. The van der Waals surface area contributed by atoms with Gasteiger partial charge in [0.25, 0.3) is 0 Å². The molecule has 2 heterocycles. The summed E-state index contributed by atoms with van der Waals surface area (Å²) in [6.45, 7) is 1.10. The minimum atomic E-state index is 0.440. The molecular formula is C14H13ClN2O2. The standard InChI is InChI=1S/C14H13ClN2O2/c1-18-9-13-7-12(16-19-13)8-17-5-4-10-6-11(15)2-3-14(10)17/h2-7H,8-9H2,1H3. The number of hydrogen-bond donors (Lipinski definition) is 0. The lowest BCUT2D eigenvalue weighted by molar-refractivity contribution is 0.155. The topological polar surface area (TPSA) is 40.2 Å². The van der Waals surface area contributed by atoms with Crippen LogP contribution in [-0.4, -0.2) is 16.8 Å². The van der Waals surface area contributed by atoms with Gasteiger partial charge in [0.15, 0.2) is 5.76 Å². The lowest BCUT2D eigenvalue weighted by Gasteiger charge is -2.02. The molecule has 0 radical (unpaired) electrons. The molecule has 3 aromatic rings. The van der Waals surface area contributed by atoms with E-state index in [1.54, 1.807) is 7.11 Å². The van der Waals surface area contributed by atoms with Gasteiger partial charge in [0, 0.05) is 35.3 Å². The van der Waals surface area contributed by atoms with Gasteiger partial charge in [0.2, 0.25) is 0 Å². The highest BCUT2D eigenvalue weighted by Crippen LogP contribution is 2.21. The first kappa shape index (κ1) is 12.3. The SMILES string of the molecule is COCc1cc(Cn2ccc3cc(Cl)ccc32)no1. The maximum absolute atomic E-state index is 5.98. The van der Waals surface area contributed by atoms with Gasteiger partial charge in [-0.25, -0.2) is 0 Å². The molecule has 0 aliphatic carbocycles. The molecule has 0 unspecified atom stereocenters. The fraction of sp³-hybridized carbons (Fsp3) is 0.214. The second-order valence-electron chi connectivity index (χ2n) is 4.36. The van der Waals surface area contributed by atoms with Gasteiger partial charge in [-0.15, -0.1) is 0 Å². The van der Waals surface area contributed by atoms with Gasteiger partial charge in [0.1, 0.15) is 12.3 Å². The first-order valence-electron chi connectivity index (χ1n) is 5.94. The predicted molar refractivity (Wildman–Crippen MR) is 73.3 cm³/mol. The quantitative estimate of drug-likeness (QED) is 0.732. The molecule has 0 N–H and O–H groups in total. The summed E-state index contributed by atoms with van der Waals surface area (Å²) in [5.41, 5.74) is 2.00. The van der Waals surface area contributed by atoms with E-state index in [1.807, 2.05) is 36.5 Å². The van der Waals surface area contributed by atoms with E-state index < -0.39 is 0 Å². The largest absolute Gasteiger partial charge is 0.377 e. The van der Waals surface area contributed by atoms with E-state index in [9.17, 15) is 0 Å². The molecule has 0 saturated heterocycles. The van der Waals surface area contributed by atoms with E-state index in [0.717, 1.165) is 27.4 Å². The fourth-order valence-electron chi connectivity index (χ4n) is 2.12. The number of fused-ring (bicyclic) bond motifs is 1. The third-order valence-corrected chi connectivity index (χ3v) is 3.19. The van der Waals surface area contributed by atoms with E-state index in [1.165, 1.54) is 0 Å². The van der Waals surface area contributed by atoms with Crippen molar-refractivity contribution in [3.63, 3.8) is 0 Å². The van der Waals surface area contributed by atoms with E-state index in [2.05, 4.69) is 9.72 Å². The summed E-state index contributed by atoms with van der Waals surface area (Å²) in [5.74, 6) is 0.733. The molecule has 0 fully saturated rings. The van der Waals surface area contributed by atoms with Crippen molar-refractivity contribution in [3.8, 4) is 0 Å². The molecule has 19 heavy (non-hydrogen) atoms. The Labute approximate surface area is 115 Å². The van der Waals surface area contributed by atoms with Crippen molar-refractivity contribution < 1.29 is 9.26 Å². The Morgan fingerprint density at radius 1 is 1.32 bits per heavy atom. The van der Waals surface area contributed by atoms with Gasteiger partial charge in [-0.3, -0.25) is 0 Å². The van der Waals surface area contributed by atoms with Crippen LogP contribution in [-0.2, 0) is 17.9 Å². The second-order valence-corrected chi connectivity index (χ2v) is 4.80. The number of hydrogen-bond acceptors (Lipinski definition) is 3. The lowest BCUT2D eigenvalue weighted by Crippen LogP contribution is -1.97. The Bertz CT molecular complexity index is 702. The zero-order valence-corrected chi connectivity index (χ0v) is 11.2. The third-order valence-electron chi connectivity index (χ3n) is 2.96. The van der Waals surface area contributed by atoms with Gasteiger partial charge < -0.3 is 13.8 Å². The predicted octanol–water partition coefficient (Wildman–Crippen LogP) is 3.48. The average molecular weight is 277 g/mol. The molecule has 2 aromatic heterocycles. The van der Waals surface area contributed by atoms with Crippen LogP contribution in [0.2, 0.25) is 5.02 Å². The Balaban J connectivity index is 1.88. The minimum absolute atomic E-state index is 0.440. The second kappa shape index (κ2) is 5.07. The van der Waals surface area contributed by atoms with Crippen molar-refractivity contribution in [1.29, 1.82) is 0 Å². The van der Waals surface area contributed by atoms with Crippen molar-refractivity contribution in [3.05, 3.63) is 53.0 Å². The van der Waals surface area contributed by atoms with Gasteiger partial charge in [-0.2, -0.15) is 0 Å². The van der Waals surface area contributed by atoms with Crippen LogP contribution >= 0.6 is 11.6 Å². The maximum atomic E-state index is 5.98. The zero-order chi connectivity index (χ0) is 13.2. The number of methoxy groups -OCH3 is 1.